The maximum absolute atomic E-state index is 8.77. The average Bonchev–Trinajstić information content (AvgIpc) is 2.55. The van der Waals surface area contributed by atoms with E-state index in [-0.39, 0.29) is 0 Å². The number of nitrogens with one attached hydrogen (secondary N) is 1. The molecule has 1 N–H and O–H groups in total. The highest BCUT2D eigenvalue weighted by atomic mass is 16.5. The number of hydrogen-bond acceptors (Lipinski definition) is 4. The fourth-order valence-corrected chi connectivity index (χ4v) is 2.13. The summed E-state index contributed by atoms with van der Waals surface area (Å²) in [4.78, 5) is 0. The van der Waals surface area contributed by atoms with Gasteiger partial charge in [-0.15, -0.1) is 0 Å². The fourth-order valence-electron chi connectivity index (χ4n) is 2.13. The number of methoxy groups -OCH3 is 2. The van der Waals surface area contributed by atoms with E-state index in [4.69, 9.17) is 14.7 Å². The average molecular weight is 282 g/mol. The van der Waals surface area contributed by atoms with Crippen LogP contribution in [0.1, 0.15) is 16.7 Å². The van der Waals surface area contributed by atoms with Gasteiger partial charge in [-0.1, -0.05) is 24.3 Å². The van der Waals surface area contributed by atoms with Crippen molar-refractivity contribution >= 4 is 0 Å². The Morgan fingerprint density at radius 1 is 1.00 bits per heavy atom. The molecule has 108 valence electrons. The maximum Gasteiger partial charge on any atom is 0.165 e. The van der Waals surface area contributed by atoms with Gasteiger partial charge in [0.25, 0.3) is 0 Å². The predicted molar refractivity (Wildman–Crippen MR) is 81.2 cm³/mol. The normalized spacial score (nSPS) is 9.95. The van der Waals surface area contributed by atoms with Gasteiger partial charge in [-0.05, 0) is 23.8 Å². The summed E-state index contributed by atoms with van der Waals surface area (Å²) in [5.41, 5.74) is 2.86. The Balaban J connectivity index is 1.98. The van der Waals surface area contributed by atoms with E-state index >= 15 is 0 Å². The molecule has 0 spiro atoms. The molecule has 0 aliphatic rings. The van der Waals surface area contributed by atoms with E-state index in [1.54, 1.807) is 14.2 Å². The molecule has 0 unspecified atom stereocenters. The molecule has 0 aliphatic heterocycles. The molecule has 0 saturated heterocycles. The quantitative estimate of drug-likeness (QED) is 0.885. The Morgan fingerprint density at radius 3 is 2.38 bits per heavy atom. The first-order valence-electron chi connectivity index (χ1n) is 6.68. The van der Waals surface area contributed by atoms with E-state index in [9.17, 15) is 0 Å². The minimum absolute atomic E-state index is 0.674. The SMILES string of the molecule is COc1cccc(CNCc2ccc(C#N)cc2)c1OC. The maximum atomic E-state index is 8.77. The Hall–Kier alpha value is -2.51. The summed E-state index contributed by atoms with van der Waals surface area (Å²) >= 11 is 0. The van der Waals surface area contributed by atoms with Crippen LogP contribution in [-0.2, 0) is 13.1 Å². The van der Waals surface area contributed by atoms with Gasteiger partial charge in [0.05, 0.1) is 25.9 Å². The van der Waals surface area contributed by atoms with Gasteiger partial charge in [0, 0.05) is 18.7 Å². The van der Waals surface area contributed by atoms with E-state index in [1.807, 2.05) is 42.5 Å². The first-order valence-corrected chi connectivity index (χ1v) is 6.68. The lowest BCUT2D eigenvalue weighted by atomic mass is 10.1. The minimum atomic E-state index is 0.674. The molecule has 0 amide bonds. The molecular formula is C17H18N2O2. The van der Waals surface area contributed by atoms with Gasteiger partial charge in [0.2, 0.25) is 0 Å². The van der Waals surface area contributed by atoms with Gasteiger partial charge in [-0.3, -0.25) is 0 Å². The number of para-hydroxylation sites is 1. The Morgan fingerprint density at radius 2 is 1.76 bits per heavy atom. The fraction of sp³-hybridized carbons (Fsp3) is 0.235. The summed E-state index contributed by atoms with van der Waals surface area (Å²) in [6.07, 6.45) is 0. The van der Waals surface area contributed by atoms with Crippen LogP contribution in [0.15, 0.2) is 42.5 Å². The summed E-state index contributed by atoms with van der Waals surface area (Å²) in [5.74, 6) is 1.49. The lowest BCUT2D eigenvalue weighted by Gasteiger charge is -2.13. The molecule has 4 nitrogen and oxygen atoms in total. The van der Waals surface area contributed by atoms with Crippen LogP contribution in [0.25, 0.3) is 0 Å². The molecule has 0 bridgehead atoms. The van der Waals surface area contributed by atoms with Gasteiger partial charge in [0.1, 0.15) is 0 Å². The Kier molecular flexibility index (Phi) is 5.19. The van der Waals surface area contributed by atoms with Crippen molar-refractivity contribution in [2.75, 3.05) is 14.2 Å². The van der Waals surface area contributed by atoms with E-state index in [0.717, 1.165) is 29.2 Å². The molecule has 0 atom stereocenters. The minimum Gasteiger partial charge on any atom is -0.493 e. The number of nitriles is 1. The molecule has 21 heavy (non-hydrogen) atoms. The molecule has 0 saturated carbocycles. The molecular weight excluding hydrogens is 264 g/mol. The smallest absolute Gasteiger partial charge is 0.165 e. The molecule has 0 radical (unpaired) electrons. The largest absolute Gasteiger partial charge is 0.493 e. The van der Waals surface area contributed by atoms with Crippen LogP contribution in [0.3, 0.4) is 0 Å². The molecule has 2 rings (SSSR count). The third kappa shape index (κ3) is 3.74. The zero-order valence-corrected chi connectivity index (χ0v) is 12.2. The molecule has 4 heteroatoms. The van der Waals surface area contributed by atoms with E-state index < -0.39 is 0 Å². The van der Waals surface area contributed by atoms with Gasteiger partial charge in [-0.25, -0.2) is 0 Å². The highest BCUT2D eigenvalue weighted by Crippen LogP contribution is 2.30. The zero-order chi connectivity index (χ0) is 15.1. The highest BCUT2D eigenvalue weighted by Gasteiger charge is 2.08. The molecule has 2 aromatic rings. The second kappa shape index (κ2) is 7.32. The van der Waals surface area contributed by atoms with E-state index in [2.05, 4.69) is 11.4 Å². The third-order valence-electron chi connectivity index (χ3n) is 3.21. The van der Waals surface area contributed by atoms with Crippen molar-refractivity contribution in [3.05, 3.63) is 59.2 Å². The second-order valence-corrected chi connectivity index (χ2v) is 4.56. The van der Waals surface area contributed by atoms with Crippen molar-refractivity contribution in [1.29, 1.82) is 5.26 Å². The van der Waals surface area contributed by atoms with Crippen LogP contribution in [0, 0.1) is 11.3 Å². The summed E-state index contributed by atoms with van der Waals surface area (Å²) in [7, 11) is 3.27. The zero-order valence-electron chi connectivity index (χ0n) is 12.2. The number of nitrogens with zero attached hydrogens (tertiary/aromatic N) is 1. The van der Waals surface area contributed by atoms with Gasteiger partial charge in [-0.2, -0.15) is 5.26 Å². The van der Waals surface area contributed by atoms with Crippen molar-refractivity contribution < 1.29 is 9.47 Å². The molecule has 0 fully saturated rings. The van der Waals surface area contributed by atoms with Crippen LogP contribution in [0.4, 0.5) is 0 Å². The lowest BCUT2D eigenvalue weighted by Crippen LogP contribution is -2.13. The van der Waals surface area contributed by atoms with Crippen molar-refractivity contribution in [3.63, 3.8) is 0 Å². The number of rotatable bonds is 6. The topological polar surface area (TPSA) is 54.3 Å². The molecule has 0 aromatic heterocycles. The van der Waals surface area contributed by atoms with Crippen LogP contribution < -0.4 is 14.8 Å². The van der Waals surface area contributed by atoms with E-state index in [1.165, 1.54) is 0 Å². The number of ether oxygens (including phenoxy) is 2. The molecule has 0 heterocycles. The number of benzene rings is 2. The standard InChI is InChI=1S/C17H18N2O2/c1-20-16-5-3-4-15(17(16)21-2)12-19-11-14-8-6-13(10-18)7-9-14/h3-9,19H,11-12H2,1-2H3. The van der Waals surface area contributed by atoms with Crippen LogP contribution >= 0.6 is 0 Å². The van der Waals surface area contributed by atoms with Gasteiger partial charge in [0.15, 0.2) is 11.5 Å². The predicted octanol–water partition coefficient (Wildman–Crippen LogP) is 2.87. The summed E-state index contributed by atoms with van der Waals surface area (Å²) in [5, 5.41) is 12.1. The lowest BCUT2D eigenvalue weighted by molar-refractivity contribution is 0.350. The Bertz CT molecular complexity index is 630. The van der Waals surface area contributed by atoms with Crippen molar-refractivity contribution in [3.8, 4) is 17.6 Å². The van der Waals surface area contributed by atoms with Gasteiger partial charge < -0.3 is 14.8 Å². The van der Waals surface area contributed by atoms with Crippen molar-refractivity contribution in [1.82, 2.24) is 5.32 Å². The van der Waals surface area contributed by atoms with Gasteiger partial charge >= 0.3 is 0 Å². The monoisotopic (exact) mass is 282 g/mol. The van der Waals surface area contributed by atoms with E-state index in [0.29, 0.717) is 12.1 Å². The molecule has 2 aromatic carbocycles. The Labute approximate surface area is 124 Å². The van der Waals surface area contributed by atoms with Crippen molar-refractivity contribution in [2.24, 2.45) is 0 Å². The number of hydrogen-bond donors (Lipinski definition) is 1. The summed E-state index contributed by atoms with van der Waals surface area (Å²) in [6, 6.07) is 15.5. The second-order valence-electron chi connectivity index (χ2n) is 4.56. The first-order chi connectivity index (χ1) is 10.3. The van der Waals surface area contributed by atoms with Crippen LogP contribution in [0.5, 0.6) is 11.5 Å². The summed E-state index contributed by atoms with van der Waals surface area (Å²) in [6.45, 7) is 1.41. The third-order valence-corrected chi connectivity index (χ3v) is 3.21. The van der Waals surface area contributed by atoms with Crippen LogP contribution in [-0.4, -0.2) is 14.2 Å². The van der Waals surface area contributed by atoms with Crippen LogP contribution in [0.2, 0.25) is 0 Å². The first kappa shape index (κ1) is 14.9. The summed E-state index contributed by atoms with van der Waals surface area (Å²) < 4.78 is 10.7. The van der Waals surface area contributed by atoms with Crippen molar-refractivity contribution in [2.45, 2.75) is 13.1 Å². The highest BCUT2D eigenvalue weighted by molar-refractivity contribution is 5.46. The molecule has 0 aliphatic carbocycles.